The summed E-state index contributed by atoms with van der Waals surface area (Å²) < 4.78 is 39.7. The van der Waals surface area contributed by atoms with Gasteiger partial charge < -0.3 is 59.3 Å². The molecule has 56 heavy (non-hydrogen) atoms. The molecule has 310 valence electrons. The van der Waals surface area contributed by atoms with Crippen LogP contribution in [0.25, 0.3) is 0 Å². The minimum absolute atomic E-state index is 0.0460. The number of carbonyl (C=O) groups excluding carboxylic acids is 4. The first-order valence-electron chi connectivity index (χ1n) is 18.1. The summed E-state index contributed by atoms with van der Waals surface area (Å²) in [6, 6.07) is 3.18. The van der Waals surface area contributed by atoms with Crippen molar-refractivity contribution in [2.45, 2.75) is 120 Å². The van der Waals surface area contributed by atoms with E-state index in [1.807, 2.05) is 6.92 Å². The Hall–Kier alpha value is -4.01. The standard InChI is InChI=1S/C37H50ClN3O15/c1-7-27(43)55-25-14-26(42)41(33-31(46)30(45)29(44)23(53-33)16-52-34(39)47)20-12-19(13-21(50-5)28(20)38)11-17(2)9-8-10-24(51-6)37(49)15-22(54-35(48)40-37)18(3)32-36(25,4)56-32/h8-10,12-13,18,22-25,29-33,44-46,49H,7,11,14-16H2,1-6H3,(H2,39,47)(H,40,48)/t18-,22+,23-,24-,25+,29-,30+,31-,32+,33-,36+,37+/m1/s1. The molecule has 3 saturated heterocycles. The number of methoxy groups -OCH3 is 2. The average Bonchev–Trinajstić information content (AvgIpc) is 3.84. The van der Waals surface area contributed by atoms with E-state index >= 15 is 0 Å². The lowest BCUT2D eigenvalue weighted by Gasteiger charge is -2.45. The first-order chi connectivity index (χ1) is 26.4. The van der Waals surface area contributed by atoms with Crippen molar-refractivity contribution in [3.8, 4) is 5.75 Å². The molecule has 18 nitrogen and oxygen atoms in total. The molecule has 5 rings (SSSR count). The van der Waals surface area contributed by atoms with Crippen LogP contribution in [0.15, 0.2) is 35.9 Å². The number of rotatable bonds is 7. The number of hydrogen-bond donors (Lipinski definition) is 6. The number of epoxide rings is 1. The van der Waals surface area contributed by atoms with Crippen molar-refractivity contribution >= 4 is 41.4 Å². The van der Waals surface area contributed by atoms with Gasteiger partial charge in [-0.2, -0.15) is 0 Å². The maximum atomic E-state index is 14.9. The van der Waals surface area contributed by atoms with E-state index in [0.717, 1.165) is 10.5 Å². The molecule has 1 aromatic rings. The maximum absolute atomic E-state index is 14.9. The van der Waals surface area contributed by atoms with Gasteiger partial charge in [-0.3, -0.25) is 19.8 Å². The van der Waals surface area contributed by atoms with Crippen LogP contribution in [0.3, 0.4) is 0 Å². The topological polar surface area (TPSA) is 258 Å². The van der Waals surface area contributed by atoms with Crippen LogP contribution < -0.4 is 20.7 Å². The molecule has 3 amide bonds. The molecule has 0 spiro atoms. The van der Waals surface area contributed by atoms with Gasteiger partial charge in [-0.15, -0.1) is 0 Å². The second-order valence-corrected chi connectivity index (χ2v) is 15.0. The minimum atomic E-state index is -1.96. The lowest BCUT2D eigenvalue weighted by Crippen LogP contribution is -2.65. The van der Waals surface area contributed by atoms with Gasteiger partial charge >= 0.3 is 18.2 Å². The van der Waals surface area contributed by atoms with Gasteiger partial charge in [0.25, 0.3) is 0 Å². The van der Waals surface area contributed by atoms with E-state index in [9.17, 15) is 39.6 Å². The first kappa shape index (κ1) is 43.1. The number of hydrogen-bond acceptors (Lipinski definition) is 15. The van der Waals surface area contributed by atoms with Gasteiger partial charge in [0.2, 0.25) is 5.91 Å². The Kier molecular flexibility index (Phi) is 13.3. The summed E-state index contributed by atoms with van der Waals surface area (Å²) in [5.74, 6) is -2.02. The normalized spacial score (nSPS) is 36.3. The third-order valence-corrected chi connectivity index (χ3v) is 11.0. The van der Waals surface area contributed by atoms with E-state index in [2.05, 4.69) is 5.32 Å². The van der Waals surface area contributed by atoms with Gasteiger partial charge in [-0.1, -0.05) is 49.2 Å². The molecule has 3 fully saturated rings. The Labute approximate surface area is 328 Å². The monoisotopic (exact) mass is 811 g/mol. The van der Waals surface area contributed by atoms with Crippen molar-refractivity contribution in [1.29, 1.82) is 0 Å². The number of alkyl carbamates (subject to hydrolysis) is 1. The summed E-state index contributed by atoms with van der Waals surface area (Å²) >= 11 is 6.90. The third-order valence-electron chi connectivity index (χ3n) is 10.6. The van der Waals surface area contributed by atoms with E-state index in [-0.39, 0.29) is 35.7 Å². The lowest BCUT2D eigenvalue weighted by atomic mass is 9.83. The molecule has 0 saturated carbocycles. The number of anilines is 1. The molecule has 4 aliphatic heterocycles. The van der Waals surface area contributed by atoms with Crippen molar-refractivity contribution in [3.63, 3.8) is 0 Å². The zero-order chi connectivity index (χ0) is 41.3. The molecule has 4 aliphatic rings. The number of nitrogens with one attached hydrogen (secondary N) is 1. The Morgan fingerprint density at radius 3 is 2.50 bits per heavy atom. The summed E-state index contributed by atoms with van der Waals surface area (Å²) in [7, 11) is 2.75. The highest BCUT2D eigenvalue weighted by Gasteiger charge is 2.64. The van der Waals surface area contributed by atoms with E-state index in [4.69, 9.17) is 50.5 Å². The summed E-state index contributed by atoms with van der Waals surface area (Å²) in [5.41, 5.74) is 3.17. The van der Waals surface area contributed by atoms with Gasteiger partial charge in [-0.25, -0.2) is 9.59 Å². The number of allylic oxidation sites excluding steroid dienone is 3. The average molecular weight is 812 g/mol. The van der Waals surface area contributed by atoms with Gasteiger partial charge in [0.1, 0.15) is 65.7 Å². The number of nitrogens with two attached hydrogens (primary N) is 1. The highest BCUT2D eigenvalue weighted by Crippen LogP contribution is 2.49. The minimum Gasteiger partial charge on any atom is -0.495 e. The number of nitrogens with zero attached hydrogens (tertiary/aromatic N) is 1. The van der Waals surface area contributed by atoms with E-state index in [1.54, 1.807) is 51.1 Å². The number of ether oxygens (including phenoxy) is 7. The van der Waals surface area contributed by atoms with Gasteiger partial charge in [0.15, 0.2) is 12.0 Å². The zero-order valence-corrected chi connectivity index (χ0v) is 32.6. The predicted molar refractivity (Wildman–Crippen MR) is 195 cm³/mol. The summed E-state index contributed by atoms with van der Waals surface area (Å²) in [6.07, 6.45) is -10.6. The van der Waals surface area contributed by atoms with Crippen LogP contribution in [-0.4, -0.2) is 132 Å². The van der Waals surface area contributed by atoms with Crippen LogP contribution in [0.1, 0.15) is 52.5 Å². The zero-order valence-electron chi connectivity index (χ0n) is 31.9. The number of fused-ring (bicyclic) bond motifs is 5. The summed E-state index contributed by atoms with van der Waals surface area (Å²) in [4.78, 5) is 53.1. The molecule has 4 bridgehead atoms. The smallest absolute Gasteiger partial charge is 0.409 e. The fourth-order valence-electron chi connectivity index (χ4n) is 7.47. The van der Waals surface area contributed by atoms with Crippen LogP contribution in [0, 0.1) is 5.92 Å². The van der Waals surface area contributed by atoms with Crippen LogP contribution in [0.2, 0.25) is 5.02 Å². The highest BCUT2D eigenvalue weighted by atomic mass is 35.5. The summed E-state index contributed by atoms with van der Waals surface area (Å²) in [6.45, 7) is 6.06. The molecule has 0 aromatic heterocycles. The number of halogens is 1. The predicted octanol–water partition coefficient (Wildman–Crippen LogP) is 1.35. The molecule has 0 unspecified atom stereocenters. The van der Waals surface area contributed by atoms with Crippen molar-refractivity contribution in [2.75, 3.05) is 25.7 Å². The fourth-order valence-corrected chi connectivity index (χ4v) is 7.74. The number of aliphatic hydroxyl groups is 4. The van der Waals surface area contributed by atoms with Crippen molar-refractivity contribution in [2.24, 2.45) is 11.7 Å². The third kappa shape index (κ3) is 8.92. The van der Waals surface area contributed by atoms with Gasteiger partial charge in [-0.05, 0) is 38.0 Å². The molecule has 12 atom stereocenters. The number of carbonyl (C=O) groups is 4. The molecule has 0 aliphatic carbocycles. The van der Waals surface area contributed by atoms with Crippen LogP contribution in [0.4, 0.5) is 15.3 Å². The maximum Gasteiger partial charge on any atom is 0.409 e. The summed E-state index contributed by atoms with van der Waals surface area (Å²) in [5, 5.41) is 47.3. The molecular formula is C37H50ClN3O15. The number of primary amides is 1. The van der Waals surface area contributed by atoms with Crippen molar-refractivity contribution < 1.29 is 72.8 Å². The van der Waals surface area contributed by atoms with E-state index in [1.165, 1.54) is 14.2 Å². The Balaban J connectivity index is 1.67. The van der Waals surface area contributed by atoms with Crippen LogP contribution in [-0.2, 0) is 44.4 Å². The Morgan fingerprint density at radius 2 is 1.86 bits per heavy atom. The molecule has 4 heterocycles. The van der Waals surface area contributed by atoms with Crippen molar-refractivity contribution in [3.05, 3.63) is 46.5 Å². The molecule has 19 heteroatoms. The lowest BCUT2D eigenvalue weighted by molar-refractivity contribution is -0.228. The molecule has 1 aromatic carbocycles. The molecule has 0 radical (unpaired) electrons. The number of amides is 3. The number of esters is 1. The van der Waals surface area contributed by atoms with E-state index in [0.29, 0.717) is 5.56 Å². The quantitative estimate of drug-likeness (QED) is 0.129. The number of aliphatic hydroxyl groups excluding tert-OH is 3. The Bertz CT molecular complexity index is 1730. The van der Waals surface area contributed by atoms with Crippen molar-refractivity contribution in [1.82, 2.24) is 5.32 Å². The Morgan fingerprint density at radius 1 is 1.14 bits per heavy atom. The SMILES string of the molecule is CCC(=O)O[C@H]1CC(=O)N([C@@H]2O[C@H](COC(N)=O)[C@@H](O)[C@H](O)[C@H]2O)c2cc(cc(OC)c2Cl)CC(C)=CC=C[C@@H](OC)[C@@]2(O)C[C@H](OC(=O)N2)[C@@H](C)[C@@H]2O[C@@]12C. The number of benzene rings is 1. The van der Waals surface area contributed by atoms with E-state index < -0.39 is 109 Å². The second kappa shape index (κ2) is 17.2. The highest BCUT2D eigenvalue weighted by molar-refractivity contribution is 6.35. The fraction of sp³-hybridized carbons (Fsp3) is 0.622. The molecule has 7 N–H and O–H groups in total. The van der Waals surface area contributed by atoms with Crippen LogP contribution in [0.5, 0.6) is 5.75 Å². The largest absolute Gasteiger partial charge is 0.495 e. The van der Waals surface area contributed by atoms with Crippen LogP contribution >= 0.6 is 11.6 Å². The second-order valence-electron chi connectivity index (χ2n) is 14.6. The van der Waals surface area contributed by atoms with Gasteiger partial charge in [0.05, 0.1) is 25.3 Å². The first-order valence-corrected chi connectivity index (χ1v) is 18.5. The van der Waals surface area contributed by atoms with Gasteiger partial charge in [0, 0.05) is 25.9 Å². The molecular weight excluding hydrogens is 762 g/mol.